The highest BCUT2D eigenvalue weighted by atomic mass is 32.2. The first-order valence-corrected chi connectivity index (χ1v) is 9.75. The molecular weight excluding hydrogens is 350 g/mol. The predicted molar refractivity (Wildman–Crippen MR) is 108 cm³/mol. The molecule has 5 nitrogen and oxygen atoms in total. The van der Waals surface area contributed by atoms with Gasteiger partial charge < -0.3 is 10.6 Å². The first-order valence-electron chi connectivity index (χ1n) is 7.70. The van der Waals surface area contributed by atoms with Gasteiger partial charge in [0.15, 0.2) is 0 Å². The number of nitrogens with one attached hydrogen (secondary N) is 3. The molecule has 0 aliphatic rings. The fourth-order valence-electron chi connectivity index (χ4n) is 2.22. The minimum atomic E-state index is 0.741. The van der Waals surface area contributed by atoms with E-state index in [1.54, 1.807) is 30.0 Å². The van der Waals surface area contributed by atoms with Crippen LogP contribution in [0.15, 0.2) is 70.7 Å². The average Bonchev–Trinajstić information content (AvgIpc) is 2.63. The number of hydrogen-bond acceptors (Lipinski definition) is 7. The molecule has 0 saturated heterocycles. The lowest BCUT2D eigenvalue weighted by molar-refractivity contribution is 1.16. The number of thioether (sulfide) groups is 1. The van der Waals surface area contributed by atoms with Gasteiger partial charge in [-0.05, 0) is 67.7 Å². The second-order valence-electron chi connectivity index (χ2n) is 5.10. The molecule has 0 fully saturated rings. The van der Waals surface area contributed by atoms with Crippen LogP contribution < -0.4 is 15.4 Å². The summed E-state index contributed by atoms with van der Waals surface area (Å²) >= 11 is 3.29. The van der Waals surface area contributed by atoms with Gasteiger partial charge in [0.25, 0.3) is 0 Å². The Kier molecular flexibility index (Phi) is 6.16. The van der Waals surface area contributed by atoms with Gasteiger partial charge in [0.05, 0.1) is 0 Å². The lowest BCUT2D eigenvalue weighted by Crippen LogP contribution is -1.99. The smallest absolute Gasteiger partial charge is 0.135 e. The van der Waals surface area contributed by atoms with Gasteiger partial charge in [-0.3, -0.25) is 4.72 Å². The molecule has 0 atom stereocenters. The van der Waals surface area contributed by atoms with E-state index in [1.165, 1.54) is 4.90 Å². The first kappa shape index (κ1) is 17.6. The van der Waals surface area contributed by atoms with Crippen molar-refractivity contribution in [3.05, 3.63) is 60.9 Å². The summed E-state index contributed by atoms with van der Waals surface area (Å²) < 4.78 is 3.07. The third-order valence-corrected chi connectivity index (χ3v) is 4.79. The van der Waals surface area contributed by atoms with Gasteiger partial charge >= 0.3 is 0 Å². The maximum Gasteiger partial charge on any atom is 0.135 e. The number of hydrogen-bond donors (Lipinski definition) is 3. The number of rotatable bonds is 7. The van der Waals surface area contributed by atoms with Crippen molar-refractivity contribution in [2.24, 2.45) is 0 Å². The van der Waals surface area contributed by atoms with Gasteiger partial charge in [-0.15, -0.1) is 11.8 Å². The van der Waals surface area contributed by atoms with E-state index in [0.29, 0.717) is 0 Å². The number of aromatic nitrogens is 2. The number of anilines is 4. The number of benzene rings is 2. The Morgan fingerprint density at radius 2 is 1.52 bits per heavy atom. The molecule has 0 saturated carbocycles. The standard InChI is InChI=1S/C18H19N5S2/c1-19-25-16-5-3-4-14(10-16)23-18-11-17(20-12-21-18)22-13-6-8-15(24-2)9-7-13/h3-12,19H,1-2H3,(H2,20,21,22,23). The zero-order valence-electron chi connectivity index (χ0n) is 14.0. The Hall–Kier alpha value is -2.22. The van der Waals surface area contributed by atoms with Crippen molar-refractivity contribution in [3.8, 4) is 0 Å². The third-order valence-electron chi connectivity index (χ3n) is 3.36. The third kappa shape index (κ3) is 5.12. The molecule has 0 radical (unpaired) electrons. The summed E-state index contributed by atoms with van der Waals surface area (Å²) in [5.74, 6) is 1.49. The van der Waals surface area contributed by atoms with Crippen LogP contribution in [0, 0.1) is 0 Å². The topological polar surface area (TPSA) is 61.9 Å². The minimum Gasteiger partial charge on any atom is -0.340 e. The van der Waals surface area contributed by atoms with Crippen LogP contribution in [0.4, 0.5) is 23.0 Å². The van der Waals surface area contributed by atoms with Crippen LogP contribution in [0.5, 0.6) is 0 Å². The summed E-state index contributed by atoms with van der Waals surface area (Å²) in [6.45, 7) is 0. The summed E-state index contributed by atoms with van der Waals surface area (Å²) in [7, 11) is 1.90. The van der Waals surface area contributed by atoms with Crippen LogP contribution in [0.25, 0.3) is 0 Å². The van der Waals surface area contributed by atoms with E-state index in [0.717, 1.165) is 27.9 Å². The minimum absolute atomic E-state index is 0.741. The van der Waals surface area contributed by atoms with Crippen LogP contribution in [0.3, 0.4) is 0 Å². The van der Waals surface area contributed by atoms with Gasteiger partial charge in [0.2, 0.25) is 0 Å². The summed E-state index contributed by atoms with van der Waals surface area (Å²) in [6.07, 6.45) is 3.61. The highest BCUT2D eigenvalue weighted by Crippen LogP contribution is 2.23. The maximum absolute atomic E-state index is 4.29. The van der Waals surface area contributed by atoms with E-state index >= 15 is 0 Å². The Bertz CT molecular complexity index is 824. The largest absolute Gasteiger partial charge is 0.340 e. The molecule has 3 N–H and O–H groups in total. The van der Waals surface area contributed by atoms with Gasteiger partial charge in [0.1, 0.15) is 18.0 Å². The molecule has 2 aromatic carbocycles. The molecule has 7 heteroatoms. The molecule has 0 spiro atoms. The van der Waals surface area contributed by atoms with Gasteiger partial charge in [-0.2, -0.15) is 0 Å². The fourth-order valence-corrected chi connectivity index (χ4v) is 3.20. The lowest BCUT2D eigenvalue weighted by Gasteiger charge is -2.10. The van der Waals surface area contributed by atoms with Crippen molar-refractivity contribution in [2.75, 3.05) is 23.9 Å². The SMILES string of the molecule is CNSc1cccc(Nc2cc(Nc3ccc(SC)cc3)ncn2)c1. The van der Waals surface area contributed by atoms with Crippen molar-refractivity contribution in [2.45, 2.75) is 9.79 Å². The molecule has 0 aliphatic heterocycles. The summed E-state index contributed by atoms with van der Waals surface area (Å²) in [6, 6.07) is 18.3. The van der Waals surface area contributed by atoms with E-state index in [4.69, 9.17) is 0 Å². The van der Waals surface area contributed by atoms with Crippen LogP contribution in [-0.2, 0) is 0 Å². The number of nitrogens with zero attached hydrogens (tertiary/aromatic N) is 2. The summed E-state index contributed by atoms with van der Waals surface area (Å²) in [5.41, 5.74) is 1.98. The summed E-state index contributed by atoms with van der Waals surface area (Å²) in [4.78, 5) is 10.9. The van der Waals surface area contributed by atoms with Crippen LogP contribution in [0.2, 0.25) is 0 Å². The van der Waals surface area contributed by atoms with E-state index in [9.17, 15) is 0 Å². The van der Waals surface area contributed by atoms with Gasteiger partial charge in [-0.1, -0.05) is 6.07 Å². The van der Waals surface area contributed by atoms with Crippen LogP contribution >= 0.6 is 23.7 Å². The van der Waals surface area contributed by atoms with Crippen molar-refractivity contribution >= 4 is 46.7 Å². The Morgan fingerprint density at radius 1 is 0.800 bits per heavy atom. The van der Waals surface area contributed by atoms with Gasteiger partial charge in [0, 0.05) is 27.2 Å². The Labute approximate surface area is 156 Å². The Morgan fingerprint density at radius 3 is 2.20 bits per heavy atom. The van der Waals surface area contributed by atoms with E-state index in [1.807, 2.05) is 37.4 Å². The quantitative estimate of drug-likeness (QED) is 0.404. The molecule has 0 amide bonds. The predicted octanol–water partition coefficient (Wildman–Crippen LogP) is 4.91. The van der Waals surface area contributed by atoms with Crippen molar-refractivity contribution in [1.82, 2.24) is 14.7 Å². The van der Waals surface area contributed by atoms with Crippen molar-refractivity contribution in [3.63, 3.8) is 0 Å². The first-order chi connectivity index (χ1) is 12.3. The van der Waals surface area contributed by atoms with E-state index in [2.05, 4.69) is 55.8 Å². The van der Waals surface area contributed by atoms with Crippen molar-refractivity contribution in [1.29, 1.82) is 0 Å². The Balaban J connectivity index is 1.71. The molecule has 3 rings (SSSR count). The van der Waals surface area contributed by atoms with E-state index < -0.39 is 0 Å². The second kappa shape index (κ2) is 8.75. The molecule has 1 aromatic heterocycles. The second-order valence-corrected chi connectivity index (χ2v) is 7.06. The lowest BCUT2D eigenvalue weighted by atomic mass is 10.3. The zero-order valence-corrected chi connectivity index (χ0v) is 15.6. The van der Waals surface area contributed by atoms with Crippen molar-refractivity contribution < 1.29 is 0 Å². The molecule has 0 unspecified atom stereocenters. The highest BCUT2D eigenvalue weighted by Gasteiger charge is 2.02. The molecule has 3 aromatic rings. The molecular formula is C18H19N5S2. The zero-order chi connectivity index (χ0) is 17.5. The normalized spacial score (nSPS) is 10.5. The summed E-state index contributed by atoms with van der Waals surface area (Å²) in [5, 5.41) is 6.61. The van der Waals surface area contributed by atoms with Crippen LogP contribution in [0.1, 0.15) is 0 Å². The molecule has 128 valence electrons. The molecule has 25 heavy (non-hydrogen) atoms. The maximum atomic E-state index is 4.29. The van der Waals surface area contributed by atoms with Crippen LogP contribution in [-0.4, -0.2) is 23.3 Å². The van der Waals surface area contributed by atoms with Gasteiger partial charge in [-0.25, -0.2) is 9.97 Å². The molecule has 0 aliphatic carbocycles. The highest BCUT2D eigenvalue weighted by molar-refractivity contribution is 7.98. The molecule has 1 heterocycles. The van der Waals surface area contributed by atoms with E-state index in [-0.39, 0.29) is 0 Å². The molecule has 0 bridgehead atoms. The monoisotopic (exact) mass is 369 g/mol. The fraction of sp³-hybridized carbons (Fsp3) is 0.111. The average molecular weight is 370 g/mol.